The smallest absolute Gasteiger partial charge is 0.227 e. The highest BCUT2D eigenvalue weighted by Crippen LogP contribution is 2.28. The van der Waals surface area contributed by atoms with Crippen molar-refractivity contribution in [2.75, 3.05) is 5.32 Å². The summed E-state index contributed by atoms with van der Waals surface area (Å²) in [5.74, 6) is 0.209. The van der Waals surface area contributed by atoms with Crippen molar-refractivity contribution in [1.82, 2.24) is 19.9 Å². The van der Waals surface area contributed by atoms with E-state index < -0.39 is 0 Å². The second-order valence-corrected chi connectivity index (χ2v) is 5.39. The zero-order valence-corrected chi connectivity index (χ0v) is 13.1. The summed E-state index contributed by atoms with van der Waals surface area (Å²) < 4.78 is 13.2. The van der Waals surface area contributed by atoms with Gasteiger partial charge in [-0.25, -0.2) is 19.3 Å². The van der Waals surface area contributed by atoms with Crippen molar-refractivity contribution in [3.05, 3.63) is 79.0 Å². The molecule has 4 rings (SSSR count). The Balaban J connectivity index is 1.68. The number of anilines is 2. The Hall–Kier alpha value is -3.54. The summed E-state index contributed by atoms with van der Waals surface area (Å²) in [6.45, 7) is 0. The third kappa shape index (κ3) is 3.23. The molecule has 0 atom stereocenters. The minimum Gasteiger partial charge on any atom is -0.343 e. The van der Waals surface area contributed by atoms with Crippen LogP contribution in [0.15, 0.2) is 73.2 Å². The fraction of sp³-hybridized carbons (Fsp3) is 0. The standard InChI is InChI=1S/C19H14FN5/c20-14-8-6-13(7-9-14)17-18(23-12-22-17)16-10-11-21-19(25-16)24-15-4-2-1-3-5-15/h1-12H,(H,22,23)(H,21,24,25). The maximum Gasteiger partial charge on any atom is 0.227 e. The summed E-state index contributed by atoms with van der Waals surface area (Å²) in [4.78, 5) is 16.2. The molecule has 0 amide bonds. The van der Waals surface area contributed by atoms with Gasteiger partial charge in [0.1, 0.15) is 5.82 Å². The van der Waals surface area contributed by atoms with Gasteiger partial charge in [0.2, 0.25) is 5.95 Å². The van der Waals surface area contributed by atoms with Crippen molar-refractivity contribution in [2.45, 2.75) is 0 Å². The third-order valence-corrected chi connectivity index (χ3v) is 3.70. The van der Waals surface area contributed by atoms with Crippen LogP contribution >= 0.6 is 0 Å². The van der Waals surface area contributed by atoms with Crippen LogP contribution in [0.5, 0.6) is 0 Å². The van der Waals surface area contributed by atoms with Gasteiger partial charge in [-0.15, -0.1) is 0 Å². The normalized spacial score (nSPS) is 10.6. The van der Waals surface area contributed by atoms with E-state index in [1.165, 1.54) is 12.1 Å². The molecule has 0 saturated carbocycles. The Bertz CT molecular complexity index is 980. The molecule has 2 aromatic carbocycles. The van der Waals surface area contributed by atoms with Gasteiger partial charge >= 0.3 is 0 Å². The first-order valence-electron chi connectivity index (χ1n) is 7.74. The van der Waals surface area contributed by atoms with Crippen molar-refractivity contribution in [2.24, 2.45) is 0 Å². The first kappa shape index (κ1) is 15.0. The van der Waals surface area contributed by atoms with Gasteiger partial charge in [-0.05, 0) is 42.5 Å². The van der Waals surface area contributed by atoms with Gasteiger partial charge in [0, 0.05) is 17.4 Å². The molecule has 6 heteroatoms. The Labute approximate surface area is 143 Å². The molecule has 0 aliphatic carbocycles. The molecular formula is C19H14FN5. The first-order valence-corrected chi connectivity index (χ1v) is 7.74. The van der Waals surface area contributed by atoms with E-state index in [-0.39, 0.29) is 5.82 Å². The molecule has 5 nitrogen and oxygen atoms in total. The lowest BCUT2D eigenvalue weighted by molar-refractivity contribution is 0.628. The van der Waals surface area contributed by atoms with Crippen molar-refractivity contribution in [3.8, 4) is 22.6 Å². The van der Waals surface area contributed by atoms with Gasteiger partial charge in [0.25, 0.3) is 0 Å². The number of rotatable bonds is 4. The highest BCUT2D eigenvalue weighted by Gasteiger charge is 2.12. The molecule has 2 aromatic heterocycles. The van der Waals surface area contributed by atoms with Crippen LogP contribution in [0.4, 0.5) is 16.0 Å². The first-order chi connectivity index (χ1) is 12.3. The van der Waals surface area contributed by atoms with Crippen LogP contribution < -0.4 is 5.32 Å². The highest BCUT2D eigenvalue weighted by atomic mass is 19.1. The average Bonchev–Trinajstić information content (AvgIpc) is 3.13. The molecule has 0 aliphatic heterocycles. The molecule has 2 heterocycles. The second kappa shape index (κ2) is 6.52. The van der Waals surface area contributed by atoms with E-state index >= 15 is 0 Å². The van der Waals surface area contributed by atoms with E-state index in [0.29, 0.717) is 17.3 Å². The second-order valence-electron chi connectivity index (χ2n) is 5.39. The summed E-state index contributed by atoms with van der Waals surface area (Å²) in [5, 5.41) is 3.17. The molecule has 0 aliphatic rings. The zero-order chi connectivity index (χ0) is 17.1. The summed E-state index contributed by atoms with van der Waals surface area (Å²) in [7, 11) is 0. The molecule has 2 N–H and O–H groups in total. The van der Waals surface area contributed by atoms with Crippen molar-refractivity contribution in [3.63, 3.8) is 0 Å². The Morgan fingerprint density at radius 1 is 0.880 bits per heavy atom. The van der Waals surface area contributed by atoms with E-state index in [2.05, 4.69) is 25.3 Å². The third-order valence-electron chi connectivity index (χ3n) is 3.70. The van der Waals surface area contributed by atoms with E-state index in [0.717, 1.165) is 16.9 Å². The summed E-state index contributed by atoms with van der Waals surface area (Å²) in [6.07, 6.45) is 3.28. The maximum atomic E-state index is 13.2. The van der Waals surface area contributed by atoms with Crippen molar-refractivity contribution >= 4 is 11.6 Å². The number of nitrogens with zero attached hydrogens (tertiary/aromatic N) is 3. The van der Waals surface area contributed by atoms with Crippen LogP contribution in [0.3, 0.4) is 0 Å². The van der Waals surface area contributed by atoms with E-state index in [1.807, 2.05) is 30.3 Å². The topological polar surface area (TPSA) is 66.5 Å². The lowest BCUT2D eigenvalue weighted by Gasteiger charge is -2.07. The van der Waals surface area contributed by atoms with Gasteiger partial charge in [-0.2, -0.15) is 0 Å². The van der Waals surface area contributed by atoms with Crippen LogP contribution in [-0.2, 0) is 0 Å². The molecule has 122 valence electrons. The minimum atomic E-state index is -0.280. The number of para-hydroxylation sites is 1. The highest BCUT2D eigenvalue weighted by molar-refractivity contribution is 5.76. The number of aromatic amines is 1. The molecule has 0 radical (unpaired) electrons. The number of hydrogen-bond acceptors (Lipinski definition) is 4. The van der Waals surface area contributed by atoms with Gasteiger partial charge in [-0.1, -0.05) is 18.2 Å². The molecule has 0 bridgehead atoms. The fourth-order valence-corrected chi connectivity index (χ4v) is 2.52. The minimum absolute atomic E-state index is 0.280. The number of aromatic nitrogens is 4. The SMILES string of the molecule is Fc1ccc(-c2nc[nH]c2-c2ccnc(Nc3ccccc3)n2)cc1. The van der Waals surface area contributed by atoms with E-state index in [1.54, 1.807) is 30.7 Å². The van der Waals surface area contributed by atoms with E-state index in [9.17, 15) is 4.39 Å². The number of benzene rings is 2. The van der Waals surface area contributed by atoms with Crippen LogP contribution in [0.1, 0.15) is 0 Å². The largest absolute Gasteiger partial charge is 0.343 e. The van der Waals surface area contributed by atoms with Crippen LogP contribution in [0.2, 0.25) is 0 Å². The average molecular weight is 331 g/mol. The molecular weight excluding hydrogens is 317 g/mol. The lowest BCUT2D eigenvalue weighted by Crippen LogP contribution is -1.98. The number of halogens is 1. The number of nitrogens with one attached hydrogen (secondary N) is 2. The molecule has 0 fully saturated rings. The van der Waals surface area contributed by atoms with Crippen LogP contribution in [0.25, 0.3) is 22.6 Å². The molecule has 4 aromatic rings. The Morgan fingerprint density at radius 3 is 2.48 bits per heavy atom. The van der Waals surface area contributed by atoms with Gasteiger partial charge < -0.3 is 10.3 Å². The fourth-order valence-electron chi connectivity index (χ4n) is 2.52. The predicted molar refractivity (Wildman–Crippen MR) is 94.7 cm³/mol. The van der Waals surface area contributed by atoms with Crippen LogP contribution in [-0.4, -0.2) is 19.9 Å². The van der Waals surface area contributed by atoms with Crippen molar-refractivity contribution < 1.29 is 4.39 Å². The molecule has 0 saturated heterocycles. The van der Waals surface area contributed by atoms with Gasteiger partial charge in [-0.3, -0.25) is 0 Å². The molecule has 25 heavy (non-hydrogen) atoms. The van der Waals surface area contributed by atoms with Crippen molar-refractivity contribution in [1.29, 1.82) is 0 Å². The number of imidazole rings is 1. The lowest BCUT2D eigenvalue weighted by atomic mass is 10.1. The Morgan fingerprint density at radius 2 is 1.68 bits per heavy atom. The maximum absolute atomic E-state index is 13.2. The Kier molecular flexibility index (Phi) is 3.92. The molecule has 0 spiro atoms. The monoisotopic (exact) mass is 331 g/mol. The van der Waals surface area contributed by atoms with E-state index in [4.69, 9.17) is 0 Å². The number of hydrogen-bond donors (Lipinski definition) is 2. The number of H-pyrrole nitrogens is 1. The quantitative estimate of drug-likeness (QED) is 0.581. The predicted octanol–water partition coefficient (Wildman–Crippen LogP) is 4.42. The van der Waals surface area contributed by atoms with Crippen LogP contribution in [0, 0.1) is 5.82 Å². The zero-order valence-electron chi connectivity index (χ0n) is 13.1. The molecule has 0 unspecified atom stereocenters. The van der Waals surface area contributed by atoms with Gasteiger partial charge in [0.15, 0.2) is 0 Å². The summed E-state index contributed by atoms with van der Waals surface area (Å²) in [6, 6.07) is 17.7. The summed E-state index contributed by atoms with van der Waals surface area (Å²) in [5.41, 5.74) is 3.89. The summed E-state index contributed by atoms with van der Waals surface area (Å²) >= 11 is 0. The van der Waals surface area contributed by atoms with Gasteiger partial charge in [0.05, 0.1) is 23.4 Å².